The standard InChI is InChI=1S/C11H13N3/c1-3-10(4-7-12-2)14-11-5-8-13-9-6-11/h3-9H,1H2,2H3,(H,13,14)/b10-4+,12-7?. The van der Waals surface area contributed by atoms with Crippen molar-refractivity contribution in [3.8, 4) is 0 Å². The molecule has 0 aromatic carbocycles. The first-order valence-corrected chi connectivity index (χ1v) is 4.28. The Bertz CT molecular complexity index is 339. The normalized spacial score (nSPS) is 11.6. The van der Waals surface area contributed by atoms with Crippen molar-refractivity contribution >= 4 is 11.9 Å². The highest BCUT2D eigenvalue weighted by Crippen LogP contribution is 2.07. The van der Waals surface area contributed by atoms with Crippen molar-refractivity contribution < 1.29 is 0 Å². The summed E-state index contributed by atoms with van der Waals surface area (Å²) in [6.45, 7) is 3.70. The molecule has 0 saturated carbocycles. The van der Waals surface area contributed by atoms with Crippen LogP contribution in [-0.4, -0.2) is 18.2 Å². The Morgan fingerprint density at radius 1 is 1.50 bits per heavy atom. The second-order valence-corrected chi connectivity index (χ2v) is 2.59. The predicted molar refractivity (Wildman–Crippen MR) is 60.6 cm³/mol. The maximum Gasteiger partial charge on any atom is 0.0415 e. The average molecular weight is 187 g/mol. The molecule has 1 heterocycles. The Labute approximate surface area is 83.9 Å². The Morgan fingerprint density at radius 3 is 2.79 bits per heavy atom. The molecule has 0 radical (unpaired) electrons. The summed E-state index contributed by atoms with van der Waals surface area (Å²) in [4.78, 5) is 7.79. The molecule has 0 saturated heterocycles. The second-order valence-electron chi connectivity index (χ2n) is 2.59. The van der Waals surface area contributed by atoms with Crippen molar-refractivity contribution in [3.05, 3.63) is 49.0 Å². The molecule has 0 unspecified atom stereocenters. The van der Waals surface area contributed by atoms with Crippen LogP contribution in [-0.2, 0) is 0 Å². The summed E-state index contributed by atoms with van der Waals surface area (Å²) in [7, 11) is 1.73. The van der Waals surface area contributed by atoms with Gasteiger partial charge in [-0.2, -0.15) is 0 Å². The molecule has 14 heavy (non-hydrogen) atoms. The molecule has 0 atom stereocenters. The zero-order valence-corrected chi connectivity index (χ0v) is 8.14. The van der Waals surface area contributed by atoms with E-state index < -0.39 is 0 Å². The lowest BCUT2D eigenvalue weighted by atomic mass is 10.3. The average Bonchev–Trinajstić information content (AvgIpc) is 2.25. The Kier molecular flexibility index (Phi) is 4.14. The molecule has 3 heteroatoms. The number of allylic oxidation sites excluding steroid dienone is 2. The third-order valence-corrected chi connectivity index (χ3v) is 1.59. The van der Waals surface area contributed by atoms with Crippen LogP contribution in [0.1, 0.15) is 0 Å². The van der Waals surface area contributed by atoms with E-state index in [2.05, 4.69) is 21.9 Å². The summed E-state index contributed by atoms with van der Waals surface area (Å²) >= 11 is 0. The van der Waals surface area contributed by atoms with Gasteiger partial charge in [0.2, 0.25) is 0 Å². The van der Waals surface area contributed by atoms with Gasteiger partial charge in [-0.05, 0) is 24.3 Å². The maximum absolute atomic E-state index is 3.93. The number of aromatic nitrogens is 1. The van der Waals surface area contributed by atoms with Gasteiger partial charge in [-0.1, -0.05) is 6.58 Å². The molecule has 1 N–H and O–H groups in total. The highest BCUT2D eigenvalue weighted by atomic mass is 14.9. The van der Waals surface area contributed by atoms with Gasteiger partial charge in [-0.3, -0.25) is 9.98 Å². The highest BCUT2D eigenvalue weighted by Gasteiger charge is 1.91. The van der Waals surface area contributed by atoms with Crippen molar-refractivity contribution in [2.45, 2.75) is 0 Å². The van der Waals surface area contributed by atoms with Gasteiger partial charge in [-0.15, -0.1) is 0 Å². The van der Waals surface area contributed by atoms with E-state index in [1.165, 1.54) is 0 Å². The molecule has 1 rings (SSSR count). The van der Waals surface area contributed by atoms with Gasteiger partial charge in [-0.25, -0.2) is 0 Å². The van der Waals surface area contributed by atoms with Crippen molar-refractivity contribution in [2.75, 3.05) is 12.4 Å². The summed E-state index contributed by atoms with van der Waals surface area (Å²) in [6, 6.07) is 3.78. The topological polar surface area (TPSA) is 37.3 Å². The van der Waals surface area contributed by atoms with E-state index in [1.54, 1.807) is 31.7 Å². The molecule has 0 fully saturated rings. The number of anilines is 1. The number of nitrogens with zero attached hydrogens (tertiary/aromatic N) is 2. The zero-order chi connectivity index (χ0) is 10.2. The fourth-order valence-corrected chi connectivity index (χ4v) is 0.917. The van der Waals surface area contributed by atoms with Gasteiger partial charge in [0.15, 0.2) is 0 Å². The molecule has 1 aromatic rings. The highest BCUT2D eigenvalue weighted by molar-refractivity contribution is 5.74. The number of aliphatic imine (C=N–C) groups is 1. The maximum atomic E-state index is 3.93. The Hall–Kier alpha value is -1.90. The van der Waals surface area contributed by atoms with E-state index in [0.717, 1.165) is 11.4 Å². The molecule has 0 spiro atoms. The fraction of sp³-hybridized carbons (Fsp3) is 0.0909. The number of hydrogen-bond donors (Lipinski definition) is 1. The molecule has 0 aliphatic rings. The van der Waals surface area contributed by atoms with E-state index >= 15 is 0 Å². The Morgan fingerprint density at radius 2 is 2.21 bits per heavy atom. The van der Waals surface area contributed by atoms with E-state index in [0.29, 0.717) is 0 Å². The first kappa shape index (κ1) is 10.2. The van der Waals surface area contributed by atoms with Gasteiger partial charge in [0.05, 0.1) is 0 Å². The predicted octanol–water partition coefficient (Wildman–Crippen LogP) is 2.26. The monoisotopic (exact) mass is 187 g/mol. The molecule has 1 aromatic heterocycles. The number of hydrogen-bond acceptors (Lipinski definition) is 3. The number of rotatable bonds is 4. The van der Waals surface area contributed by atoms with Crippen LogP contribution in [0.25, 0.3) is 0 Å². The van der Waals surface area contributed by atoms with Gasteiger partial charge >= 0.3 is 0 Å². The first-order valence-electron chi connectivity index (χ1n) is 4.28. The second kappa shape index (κ2) is 5.70. The number of nitrogens with one attached hydrogen (secondary N) is 1. The third kappa shape index (κ3) is 3.23. The molecule has 0 bridgehead atoms. The minimum absolute atomic E-state index is 0.904. The third-order valence-electron chi connectivity index (χ3n) is 1.59. The molecule has 0 amide bonds. The van der Waals surface area contributed by atoms with Crippen LogP contribution in [0, 0.1) is 0 Å². The van der Waals surface area contributed by atoms with Gasteiger partial charge in [0, 0.05) is 37.0 Å². The van der Waals surface area contributed by atoms with E-state index in [-0.39, 0.29) is 0 Å². The van der Waals surface area contributed by atoms with Crippen LogP contribution in [0.3, 0.4) is 0 Å². The van der Waals surface area contributed by atoms with E-state index in [4.69, 9.17) is 0 Å². The van der Waals surface area contributed by atoms with Crippen molar-refractivity contribution in [2.24, 2.45) is 4.99 Å². The summed E-state index contributed by atoms with van der Waals surface area (Å²) in [5, 5.41) is 3.18. The lowest BCUT2D eigenvalue weighted by Crippen LogP contribution is -1.96. The van der Waals surface area contributed by atoms with Crippen LogP contribution in [0.5, 0.6) is 0 Å². The van der Waals surface area contributed by atoms with Crippen molar-refractivity contribution in [3.63, 3.8) is 0 Å². The summed E-state index contributed by atoms with van der Waals surface area (Å²) in [5.41, 5.74) is 1.89. The van der Waals surface area contributed by atoms with Crippen LogP contribution in [0.15, 0.2) is 53.9 Å². The molecular formula is C11H13N3. The van der Waals surface area contributed by atoms with Crippen LogP contribution >= 0.6 is 0 Å². The minimum Gasteiger partial charge on any atom is -0.355 e. The number of pyridine rings is 1. The molecular weight excluding hydrogens is 174 g/mol. The quantitative estimate of drug-likeness (QED) is 0.580. The molecule has 0 aliphatic carbocycles. The van der Waals surface area contributed by atoms with Gasteiger partial charge < -0.3 is 5.32 Å². The van der Waals surface area contributed by atoms with Gasteiger partial charge in [0.1, 0.15) is 0 Å². The summed E-state index contributed by atoms with van der Waals surface area (Å²) < 4.78 is 0. The summed E-state index contributed by atoms with van der Waals surface area (Å²) in [5.74, 6) is 0. The molecule has 0 aliphatic heterocycles. The van der Waals surface area contributed by atoms with Gasteiger partial charge in [0.25, 0.3) is 0 Å². The van der Waals surface area contributed by atoms with E-state index in [1.807, 2.05) is 18.2 Å². The SMILES string of the molecule is C=C/C(=C\C=NC)Nc1ccncc1. The van der Waals surface area contributed by atoms with Crippen molar-refractivity contribution in [1.29, 1.82) is 0 Å². The van der Waals surface area contributed by atoms with Crippen LogP contribution < -0.4 is 5.32 Å². The first-order chi connectivity index (χ1) is 6.86. The lowest BCUT2D eigenvalue weighted by molar-refractivity contribution is 1.32. The minimum atomic E-state index is 0.904. The zero-order valence-electron chi connectivity index (χ0n) is 8.14. The van der Waals surface area contributed by atoms with Crippen LogP contribution in [0.4, 0.5) is 5.69 Å². The van der Waals surface area contributed by atoms with Crippen LogP contribution in [0.2, 0.25) is 0 Å². The fourth-order valence-electron chi connectivity index (χ4n) is 0.917. The lowest BCUT2D eigenvalue weighted by Gasteiger charge is -2.04. The molecule has 3 nitrogen and oxygen atoms in total. The summed E-state index contributed by atoms with van der Waals surface area (Å²) in [6.07, 6.45) is 8.77. The Balaban J connectivity index is 2.71. The van der Waals surface area contributed by atoms with Crippen molar-refractivity contribution in [1.82, 2.24) is 4.98 Å². The molecule has 72 valence electrons. The van der Waals surface area contributed by atoms with E-state index in [9.17, 15) is 0 Å². The smallest absolute Gasteiger partial charge is 0.0415 e. The largest absolute Gasteiger partial charge is 0.355 e.